The minimum atomic E-state index is -4.09. The van der Waals surface area contributed by atoms with E-state index in [4.69, 9.17) is 5.11 Å². The first kappa shape index (κ1) is 23.5. The molecule has 0 amide bonds. The Labute approximate surface area is 197 Å². The van der Waals surface area contributed by atoms with Gasteiger partial charge in [-0.25, -0.2) is 17.2 Å². The number of fused-ring (bicyclic) bond motifs is 1. The fraction of sp³-hybridized carbons (Fsp3) is 0.0417. The number of carboxylic acid groups (broad SMARTS) is 1. The van der Waals surface area contributed by atoms with E-state index in [0.717, 1.165) is 23.9 Å². The highest BCUT2D eigenvalue weighted by atomic mass is 32.2. The predicted octanol–water partition coefficient (Wildman–Crippen LogP) is 5.47. The molecule has 4 aromatic carbocycles. The first-order valence-electron chi connectivity index (χ1n) is 9.83. The standard InChI is InChI=1S/C24H17F2NO5S2/c25-15-7-10-17(20(26)11-15)14-5-8-16(9-6-14)34(31,32)27-21-12-22(33-13-23(28)29)24(30)19-4-2-1-3-18(19)21/h1-12,27,30H,13H2,(H,28,29). The molecule has 10 heteroatoms. The number of hydrogen-bond acceptors (Lipinski definition) is 5. The van der Waals surface area contributed by atoms with Gasteiger partial charge in [0, 0.05) is 22.4 Å². The maximum Gasteiger partial charge on any atom is 0.313 e. The van der Waals surface area contributed by atoms with Gasteiger partial charge in [-0.1, -0.05) is 36.4 Å². The van der Waals surface area contributed by atoms with Gasteiger partial charge in [-0.15, -0.1) is 11.8 Å². The van der Waals surface area contributed by atoms with Gasteiger partial charge in [-0.2, -0.15) is 0 Å². The second-order valence-electron chi connectivity index (χ2n) is 7.25. The zero-order valence-corrected chi connectivity index (χ0v) is 19.0. The number of aromatic hydroxyl groups is 1. The number of phenols is 1. The summed E-state index contributed by atoms with van der Waals surface area (Å²) in [5.74, 6) is -3.03. The van der Waals surface area contributed by atoms with Crippen molar-refractivity contribution in [2.75, 3.05) is 10.5 Å². The number of sulfonamides is 1. The van der Waals surface area contributed by atoms with Crippen LogP contribution in [0.4, 0.5) is 14.5 Å². The quantitative estimate of drug-likeness (QED) is 0.229. The third-order valence-electron chi connectivity index (χ3n) is 4.98. The Hall–Kier alpha value is -3.63. The van der Waals surface area contributed by atoms with E-state index in [9.17, 15) is 27.1 Å². The zero-order chi connectivity index (χ0) is 24.5. The second kappa shape index (κ2) is 9.32. The van der Waals surface area contributed by atoms with Gasteiger partial charge in [0.1, 0.15) is 17.4 Å². The molecule has 0 unspecified atom stereocenters. The molecule has 0 aliphatic heterocycles. The van der Waals surface area contributed by atoms with E-state index >= 15 is 0 Å². The summed E-state index contributed by atoms with van der Waals surface area (Å²) < 4.78 is 55.9. The van der Waals surface area contributed by atoms with Gasteiger partial charge in [0.25, 0.3) is 10.0 Å². The average molecular weight is 502 g/mol. The van der Waals surface area contributed by atoms with E-state index < -0.39 is 27.6 Å². The third-order valence-corrected chi connectivity index (χ3v) is 7.38. The van der Waals surface area contributed by atoms with E-state index in [0.29, 0.717) is 16.3 Å². The van der Waals surface area contributed by atoms with E-state index in [2.05, 4.69) is 4.72 Å². The lowest BCUT2D eigenvalue weighted by Gasteiger charge is -2.15. The predicted molar refractivity (Wildman–Crippen MR) is 127 cm³/mol. The monoisotopic (exact) mass is 501 g/mol. The molecule has 3 N–H and O–H groups in total. The summed E-state index contributed by atoms with van der Waals surface area (Å²) in [6.07, 6.45) is 0. The molecule has 0 bridgehead atoms. The van der Waals surface area contributed by atoms with Crippen molar-refractivity contribution in [3.05, 3.63) is 84.4 Å². The minimum absolute atomic E-state index is 0.101. The molecular formula is C24H17F2NO5S2. The van der Waals surface area contributed by atoms with Crippen molar-refractivity contribution >= 4 is 44.2 Å². The number of phenolic OH excluding ortho intramolecular Hbond substituents is 1. The van der Waals surface area contributed by atoms with E-state index in [-0.39, 0.29) is 32.5 Å². The Morgan fingerprint density at radius 3 is 2.26 bits per heavy atom. The highest BCUT2D eigenvalue weighted by molar-refractivity contribution is 8.00. The number of aliphatic carboxylic acids is 1. The number of carboxylic acids is 1. The highest BCUT2D eigenvalue weighted by Crippen LogP contribution is 2.40. The molecular weight excluding hydrogens is 484 g/mol. The molecule has 0 aliphatic rings. The molecule has 34 heavy (non-hydrogen) atoms. The molecule has 0 aliphatic carbocycles. The number of hydrogen-bond donors (Lipinski definition) is 3. The van der Waals surface area contributed by atoms with Crippen LogP contribution < -0.4 is 4.72 Å². The van der Waals surface area contributed by atoms with Crippen LogP contribution >= 0.6 is 11.8 Å². The van der Waals surface area contributed by atoms with Gasteiger partial charge in [0.05, 0.1) is 21.2 Å². The summed E-state index contributed by atoms with van der Waals surface area (Å²) in [6, 6.07) is 16.5. The lowest BCUT2D eigenvalue weighted by molar-refractivity contribution is -0.133. The number of benzene rings is 4. The largest absolute Gasteiger partial charge is 0.506 e. The summed E-state index contributed by atoms with van der Waals surface area (Å²) >= 11 is 0.861. The molecule has 174 valence electrons. The van der Waals surface area contributed by atoms with Crippen LogP contribution in [0.15, 0.2) is 82.6 Å². The number of halogens is 2. The number of anilines is 1. The Kier molecular flexibility index (Phi) is 6.45. The van der Waals surface area contributed by atoms with Crippen LogP contribution in [0, 0.1) is 11.6 Å². The second-order valence-corrected chi connectivity index (χ2v) is 9.95. The van der Waals surface area contributed by atoms with E-state index in [1.54, 1.807) is 24.3 Å². The molecule has 4 rings (SSSR count). The van der Waals surface area contributed by atoms with E-state index in [1.807, 2.05) is 0 Å². The molecule has 0 atom stereocenters. The summed E-state index contributed by atoms with van der Waals surface area (Å²) in [4.78, 5) is 11.1. The molecule has 0 aromatic heterocycles. The van der Waals surface area contributed by atoms with Crippen LogP contribution in [0.2, 0.25) is 0 Å². The zero-order valence-electron chi connectivity index (χ0n) is 17.3. The van der Waals surface area contributed by atoms with Crippen molar-refractivity contribution in [1.82, 2.24) is 0 Å². The van der Waals surface area contributed by atoms with Crippen LogP contribution in [0.3, 0.4) is 0 Å². The van der Waals surface area contributed by atoms with Crippen molar-refractivity contribution in [2.45, 2.75) is 9.79 Å². The number of nitrogens with one attached hydrogen (secondary N) is 1. The first-order chi connectivity index (χ1) is 16.2. The average Bonchev–Trinajstić information content (AvgIpc) is 2.80. The van der Waals surface area contributed by atoms with Crippen LogP contribution in [-0.4, -0.2) is 30.4 Å². The molecule has 0 saturated carbocycles. The molecule has 0 saturated heterocycles. The molecule has 6 nitrogen and oxygen atoms in total. The summed E-state index contributed by atoms with van der Waals surface area (Å²) in [6.45, 7) is 0. The van der Waals surface area contributed by atoms with Crippen LogP contribution in [0.1, 0.15) is 0 Å². The lowest BCUT2D eigenvalue weighted by Crippen LogP contribution is -2.13. The molecule has 4 aromatic rings. The van der Waals surface area contributed by atoms with Gasteiger partial charge in [0.2, 0.25) is 0 Å². The van der Waals surface area contributed by atoms with Gasteiger partial charge >= 0.3 is 5.97 Å². The Bertz CT molecular complexity index is 1510. The summed E-state index contributed by atoms with van der Waals surface area (Å²) in [5.41, 5.74) is 0.664. The van der Waals surface area contributed by atoms with Crippen molar-refractivity contribution in [3.63, 3.8) is 0 Å². The Morgan fingerprint density at radius 2 is 1.62 bits per heavy atom. The fourth-order valence-electron chi connectivity index (χ4n) is 3.41. The van der Waals surface area contributed by atoms with Crippen LogP contribution in [-0.2, 0) is 14.8 Å². The van der Waals surface area contributed by atoms with E-state index in [1.165, 1.54) is 36.4 Å². The first-order valence-corrected chi connectivity index (χ1v) is 12.3. The SMILES string of the molecule is O=C(O)CSc1cc(NS(=O)(=O)c2ccc(-c3ccc(F)cc3F)cc2)c2ccccc2c1O. The summed E-state index contributed by atoms with van der Waals surface area (Å²) in [7, 11) is -4.09. The molecule has 0 fully saturated rings. The maximum atomic E-state index is 14.1. The molecule has 0 radical (unpaired) electrons. The summed E-state index contributed by atoms with van der Waals surface area (Å²) in [5, 5.41) is 20.3. The van der Waals surface area contributed by atoms with Crippen LogP contribution in [0.25, 0.3) is 21.9 Å². The number of carbonyl (C=O) groups is 1. The number of rotatable bonds is 7. The van der Waals surface area contributed by atoms with Crippen molar-refractivity contribution < 1.29 is 32.2 Å². The molecule has 0 spiro atoms. The smallest absolute Gasteiger partial charge is 0.313 e. The van der Waals surface area contributed by atoms with Gasteiger partial charge in [-0.3, -0.25) is 9.52 Å². The highest BCUT2D eigenvalue weighted by Gasteiger charge is 2.19. The lowest BCUT2D eigenvalue weighted by atomic mass is 10.1. The van der Waals surface area contributed by atoms with Crippen molar-refractivity contribution in [3.8, 4) is 16.9 Å². The molecule has 0 heterocycles. The van der Waals surface area contributed by atoms with Gasteiger partial charge < -0.3 is 10.2 Å². The Morgan fingerprint density at radius 1 is 0.941 bits per heavy atom. The van der Waals surface area contributed by atoms with Crippen molar-refractivity contribution in [1.29, 1.82) is 0 Å². The number of thioether (sulfide) groups is 1. The third kappa shape index (κ3) is 4.82. The van der Waals surface area contributed by atoms with Gasteiger partial charge in [0.15, 0.2) is 0 Å². The minimum Gasteiger partial charge on any atom is -0.506 e. The Balaban J connectivity index is 1.69. The van der Waals surface area contributed by atoms with Crippen LogP contribution in [0.5, 0.6) is 5.75 Å². The fourth-order valence-corrected chi connectivity index (χ4v) is 5.21. The normalized spacial score (nSPS) is 11.5. The van der Waals surface area contributed by atoms with Gasteiger partial charge in [-0.05, 0) is 35.9 Å². The maximum absolute atomic E-state index is 14.1. The van der Waals surface area contributed by atoms with Crippen molar-refractivity contribution in [2.24, 2.45) is 0 Å². The topological polar surface area (TPSA) is 104 Å².